The lowest BCUT2D eigenvalue weighted by Crippen LogP contribution is -2.03. The number of hydrogen-bond acceptors (Lipinski definition) is 3. The number of hydrogen-bond donors (Lipinski definition) is 0. The third-order valence-corrected chi connectivity index (χ3v) is 2.23. The van der Waals surface area contributed by atoms with E-state index >= 15 is 0 Å². The van der Waals surface area contributed by atoms with Crippen LogP contribution in [0.15, 0.2) is 18.2 Å². The van der Waals surface area contributed by atoms with E-state index in [1.807, 2.05) is 0 Å². The van der Waals surface area contributed by atoms with Crippen molar-refractivity contribution in [1.29, 1.82) is 0 Å². The third-order valence-electron chi connectivity index (χ3n) is 2.23. The van der Waals surface area contributed by atoms with Gasteiger partial charge in [-0.3, -0.25) is 9.59 Å². The largest absolute Gasteiger partial charge is 0.496 e. The highest BCUT2D eigenvalue weighted by molar-refractivity contribution is 6.02. The molecule has 0 aromatic heterocycles. The van der Waals surface area contributed by atoms with Crippen LogP contribution in [-0.2, 0) is 0 Å². The average molecular weight is 206 g/mol. The van der Waals surface area contributed by atoms with Crippen molar-refractivity contribution < 1.29 is 14.3 Å². The van der Waals surface area contributed by atoms with Gasteiger partial charge in [0.05, 0.1) is 12.7 Å². The molecule has 80 valence electrons. The average Bonchev–Trinajstić information content (AvgIpc) is 2.27. The van der Waals surface area contributed by atoms with Gasteiger partial charge in [-0.1, -0.05) is 6.92 Å². The Bertz CT molecular complexity index is 394. The van der Waals surface area contributed by atoms with Gasteiger partial charge in [0.25, 0.3) is 0 Å². The zero-order chi connectivity index (χ0) is 11.4. The van der Waals surface area contributed by atoms with E-state index in [9.17, 15) is 9.59 Å². The van der Waals surface area contributed by atoms with Gasteiger partial charge < -0.3 is 4.74 Å². The Labute approximate surface area is 89.1 Å². The highest BCUT2D eigenvalue weighted by atomic mass is 16.5. The summed E-state index contributed by atoms with van der Waals surface area (Å²) in [5.74, 6) is 0.449. The third kappa shape index (κ3) is 2.43. The summed E-state index contributed by atoms with van der Waals surface area (Å²) in [6.07, 6.45) is 0.401. The van der Waals surface area contributed by atoms with Crippen molar-refractivity contribution in [2.75, 3.05) is 7.11 Å². The van der Waals surface area contributed by atoms with E-state index < -0.39 is 0 Å². The van der Waals surface area contributed by atoms with Crippen LogP contribution in [0.1, 0.15) is 41.0 Å². The number of ether oxygens (including phenoxy) is 1. The van der Waals surface area contributed by atoms with Gasteiger partial charge in [0.1, 0.15) is 5.75 Å². The summed E-state index contributed by atoms with van der Waals surface area (Å²) in [6.45, 7) is 3.25. The van der Waals surface area contributed by atoms with Crippen LogP contribution in [0.5, 0.6) is 5.75 Å². The molecule has 0 saturated heterocycles. The Morgan fingerprint density at radius 2 is 2.00 bits per heavy atom. The van der Waals surface area contributed by atoms with Crippen LogP contribution in [0.3, 0.4) is 0 Å². The molecular weight excluding hydrogens is 192 g/mol. The molecule has 0 unspecified atom stereocenters. The second kappa shape index (κ2) is 4.73. The van der Waals surface area contributed by atoms with E-state index in [2.05, 4.69) is 0 Å². The molecule has 1 aromatic carbocycles. The first-order valence-corrected chi connectivity index (χ1v) is 4.82. The van der Waals surface area contributed by atoms with Crippen molar-refractivity contribution >= 4 is 11.6 Å². The predicted molar refractivity (Wildman–Crippen MR) is 57.6 cm³/mol. The van der Waals surface area contributed by atoms with E-state index in [1.165, 1.54) is 14.0 Å². The maximum absolute atomic E-state index is 11.6. The lowest BCUT2D eigenvalue weighted by Gasteiger charge is -2.07. The van der Waals surface area contributed by atoms with E-state index in [-0.39, 0.29) is 11.6 Å². The molecule has 0 spiro atoms. The normalized spacial score (nSPS) is 9.80. The van der Waals surface area contributed by atoms with Crippen molar-refractivity contribution in [2.24, 2.45) is 0 Å². The molecule has 3 nitrogen and oxygen atoms in total. The number of ketones is 2. The fourth-order valence-corrected chi connectivity index (χ4v) is 1.34. The van der Waals surface area contributed by atoms with Crippen LogP contribution in [0, 0.1) is 0 Å². The van der Waals surface area contributed by atoms with Crippen LogP contribution in [0.25, 0.3) is 0 Å². The van der Waals surface area contributed by atoms with Crippen molar-refractivity contribution in [3.05, 3.63) is 29.3 Å². The van der Waals surface area contributed by atoms with E-state index in [4.69, 9.17) is 4.74 Å². The standard InChI is InChI=1S/C12H14O3/c1-4-11(14)10-7-9(8(2)13)5-6-12(10)15-3/h5-7H,4H2,1-3H3. The van der Waals surface area contributed by atoms with Crippen molar-refractivity contribution in [1.82, 2.24) is 0 Å². The second-order valence-corrected chi connectivity index (χ2v) is 3.25. The minimum absolute atomic E-state index is 0.0186. The Morgan fingerprint density at radius 1 is 1.33 bits per heavy atom. The van der Waals surface area contributed by atoms with Gasteiger partial charge >= 0.3 is 0 Å². The molecule has 0 aliphatic heterocycles. The highest BCUT2D eigenvalue weighted by Crippen LogP contribution is 2.21. The summed E-state index contributed by atoms with van der Waals surface area (Å²) in [5.41, 5.74) is 1.01. The van der Waals surface area contributed by atoms with Gasteiger partial charge in [-0.15, -0.1) is 0 Å². The Hall–Kier alpha value is -1.64. The monoisotopic (exact) mass is 206 g/mol. The van der Waals surface area contributed by atoms with E-state index in [0.29, 0.717) is 23.3 Å². The quantitative estimate of drug-likeness (QED) is 0.711. The molecule has 0 saturated carbocycles. The lowest BCUT2D eigenvalue weighted by molar-refractivity contribution is 0.0985. The Kier molecular flexibility index (Phi) is 3.61. The topological polar surface area (TPSA) is 43.4 Å². The van der Waals surface area contributed by atoms with Gasteiger partial charge in [0, 0.05) is 12.0 Å². The smallest absolute Gasteiger partial charge is 0.166 e. The minimum Gasteiger partial charge on any atom is -0.496 e. The summed E-state index contributed by atoms with van der Waals surface area (Å²) in [5, 5.41) is 0. The maximum atomic E-state index is 11.6. The molecule has 3 heteroatoms. The second-order valence-electron chi connectivity index (χ2n) is 3.25. The molecule has 0 N–H and O–H groups in total. The fraction of sp³-hybridized carbons (Fsp3) is 0.333. The van der Waals surface area contributed by atoms with Crippen LogP contribution in [-0.4, -0.2) is 18.7 Å². The van der Waals surface area contributed by atoms with Crippen molar-refractivity contribution in [3.8, 4) is 5.75 Å². The lowest BCUT2D eigenvalue weighted by atomic mass is 10.0. The molecule has 0 aliphatic rings. The Morgan fingerprint density at radius 3 is 2.47 bits per heavy atom. The molecule has 0 aliphatic carbocycles. The van der Waals surface area contributed by atoms with Crippen LogP contribution in [0.2, 0.25) is 0 Å². The number of rotatable bonds is 4. The van der Waals surface area contributed by atoms with Crippen molar-refractivity contribution in [2.45, 2.75) is 20.3 Å². The molecule has 0 atom stereocenters. The number of benzene rings is 1. The van der Waals surface area contributed by atoms with E-state index in [0.717, 1.165) is 0 Å². The van der Waals surface area contributed by atoms with Crippen LogP contribution >= 0.6 is 0 Å². The minimum atomic E-state index is -0.0530. The van der Waals surface area contributed by atoms with Gasteiger partial charge in [-0.2, -0.15) is 0 Å². The fourth-order valence-electron chi connectivity index (χ4n) is 1.34. The molecule has 15 heavy (non-hydrogen) atoms. The summed E-state index contributed by atoms with van der Waals surface area (Å²) >= 11 is 0. The SMILES string of the molecule is CCC(=O)c1cc(C(C)=O)ccc1OC. The molecule has 0 heterocycles. The molecule has 0 radical (unpaired) electrons. The first-order chi connectivity index (χ1) is 7.10. The van der Waals surface area contributed by atoms with Gasteiger partial charge in [0.2, 0.25) is 0 Å². The summed E-state index contributed by atoms with van der Waals surface area (Å²) in [6, 6.07) is 4.90. The first-order valence-electron chi connectivity index (χ1n) is 4.82. The number of carbonyl (C=O) groups is 2. The van der Waals surface area contributed by atoms with E-state index in [1.54, 1.807) is 25.1 Å². The van der Waals surface area contributed by atoms with Crippen molar-refractivity contribution in [3.63, 3.8) is 0 Å². The summed E-state index contributed by atoms with van der Waals surface area (Å²) in [7, 11) is 1.51. The number of carbonyl (C=O) groups excluding carboxylic acids is 2. The molecule has 0 bridgehead atoms. The van der Waals surface area contributed by atoms with Gasteiger partial charge in [-0.25, -0.2) is 0 Å². The van der Waals surface area contributed by atoms with Gasteiger partial charge in [-0.05, 0) is 25.1 Å². The molecule has 0 fully saturated rings. The summed E-state index contributed by atoms with van der Waals surface area (Å²) < 4.78 is 5.07. The van der Waals surface area contributed by atoms with Crippen LogP contribution in [0.4, 0.5) is 0 Å². The maximum Gasteiger partial charge on any atom is 0.166 e. The predicted octanol–water partition coefficient (Wildman–Crippen LogP) is 2.49. The first kappa shape index (κ1) is 11.4. The molecule has 1 rings (SSSR count). The molecule has 0 amide bonds. The Balaban J connectivity index is 3.25. The molecule has 1 aromatic rings. The highest BCUT2D eigenvalue weighted by Gasteiger charge is 2.12. The molecular formula is C12H14O3. The number of methoxy groups -OCH3 is 1. The zero-order valence-corrected chi connectivity index (χ0v) is 9.16. The summed E-state index contributed by atoms with van der Waals surface area (Å²) in [4.78, 5) is 22.7. The number of Topliss-reactive ketones (excluding diaryl/α,β-unsaturated/α-hetero) is 2. The van der Waals surface area contributed by atoms with Crippen LogP contribution < -0.4 is 4.74 Å². The zero-order valence-electron chi connectivity index (χ0n) is 9.16. The van der Waals surface area contributed by atoms with Gasteiger partial charge in [0.15, 0.2) is 11.6 Å².